The highest BCUT2D eigenvalue weighted by Crippen LogP contribution is 2.40. The lowest BCUT2D eigenvalue weighted by atomic mass is 10.2. The molecule has 1 amide bonds. The number of rotatable bonds is 7. The molecular formula is C18H24N4OS. The number of hydrogen-bond donors (Lipinski definition) is 0. The fourth-order valence-corrected chi connectivity index (χ4v) is 3.82. The van der Waals surface area contributed by atoms with Gasteiger partial charge in [-0.15, -0.1) is 10.2 Å². The number of hydrogen-bond acceptors (Lipinski definition) is 4. The maximum Gasteiger partial charge on any atom is 0.235 e. The van der Waals surface area contributed by atoms with Gasteiger partial charge in [0.1, 0.15) is 5.82 Å². The van der Waals surface area contributed by atoms with Gasteiger partial charge in [0.25, 0.3) is 0 Å². The quantitative estimate of drug-likeness (QED) is 0.723. The smallest absolute Gasteiger partial charge is 0.235 e. The summed E-state index contributed by atoms with van der Waals surface area (Å²) in [5, 5.41) is 9.33. The van der Waals surface area contributed by atoms with Crippen molar-refractivity contribution < 1.29 is 4.79 Å². The molecule has 3 rings (SSSR count). The van der Waals surface area contributed by atoms with Crippen LogP contribution in [0.5, 0.6) is 0 Å². The van der Waals surface area contributed by atoms with Crippen LogP contribution < -0.4 is 0 Å². The second-order valence-corrected chi connectivity index (χ2v) is 7.61. The Labute approximate surface area is 147 Å². The summed E-state index contributed by atoms with van der Waals surface area (Å²) in [4.78, 5) is 14.4. The molecule has 0 bridgehead atoms. The van der Waals surface area contributed by atoms with Crippen LogP contribution in [0, 0.1) is 0 Å². The lowest BCUT2D eigenvalue weighted by molar-refractivity contribution is -0.129. The minimum atomic E-state index is -0.180. The Morgan fingerprint density at radius 3 is 2.67 bits per heavy atom. The molecule has 0 saturated heterocycles. The summed E-state index contributed by atoms with van der Waals surface area (Å²) in [6.45, 7) is 5.52. The first-order chi connectivity index (χ1) is 11.6. The largest absolute Gasteiger partial charge is 0.340 e. The van der Waals surface area contributed by atoms with E-state index in [1.54, 1.807) is 4.90 Å². The van der Waals surface area contributed by atoms with Crippen molar-refractivity contribution in [1.29, 1.82) is 0 Å². The van der Waals surface area contributed by atoms with Crippen LogP contribution in [0.3, 0.4) is 0 Å². The summed E-state index contributed by atoms with van der Waals surface area (Å²) in [7, 11) is 1.85. The van der Waals surface area contributed by atoms with Crippen LogP contribution in [-0.2, 0) is 17.9 Å². The van der Waals surface area contributed by atoms with Crippen molar-refractivity contribution in [3.63, 3.8) is 0 Å². The van der Waals surface area contributed by atoms with Crippen LogP contribution >= 0.6 is 11.8 Å². The average Bonchev–Trinajstić information content (AvgIpc) is 3.36. The molecule has 2 aromatic rings. The highest BCUT2D eigenvalue weighted by Gasteiger charge is 2.31. The normalized spacial score (nSPS) is 15.3. The van der Waals surface area contributed by atoms with E-state index < -0.39 is 0 Å². The molecule has 0 spiro atoms. The maximum atomic E-state index is 12.7. The minimum absolute atomic E-state index is 0.113. The topological polar surface area (TPSA) is 51.0 Å². The van der Waals surface area contributed by atoms with E-state index in [1.807, 2.05) is 44.3 Å². The molecule has 0 aliphatic heterocycles. The zero-order valence-electron chi connectivity index (χ0n) is 14.5. The Morgan fingerprint density at radius 1 is 1.33 bits per heavy atom. The zero-order valence-corrected chi connectivity index (χ0v) is 15.3. The van der Waals surface area contributed by atoms with E-state index in [0.29, 0.717) is 12.5 Å². The number of carbonyl (C=O) groups is 1. The van der Waals surface area contributed by atoms with Crippen LogP contribution in [0.4, 0.5) is 0 Å². The predicted molar refractivity (Wildman–Crippen MR) is 95.9 cm³/mol. The molecule has 24 heavy (non-hydrogen) atoms. The highest BCUT2D eigenvalue weighted by atomic mass is 32.2. The van der Waals surface area contributed by atoms with Gasteiger partial charge in [-0.2, -0.15) is 0 Å². The van der Waals surface area contributed by atoms with Crippen LogP contribution in [0.2, 0.25) is 0 Å². The Bertz CT molecular complexity index is 696. The summed E-state index contributed by atoms with van der Waals surface area (Å²) in [6.07, 6.45) is 2.41. The summed E-state index contributed by atoms with van der Waals surface area (Å²) in [6, 6.07) is 10.1. The summed E-state index contributed by atoms with van der Waals surface area (Å²) in [5.41, 5.74) is 1.14. The minimum Gasteiger partial charge on any atom is -0.340 e. The van der Waals surface area contributed by atoms with Crippen LogP contribution in [0.1, 0.15) is 44.0 Å². The molecule has 6 heteroatoms. The van der Waals surface area contributed by atoms with E-state index in [-0.39, 0.29) is 11.2 Å². The first-order valence-electron chi connectivity index (χ1n) is 8.48. The molecule has 1 atom stereocenters. The van der Waals surface area contributed by atoms with Gasteiger partial charge in [-0.1, -0.05) is 42.1 Å². The van der Waals surface area contributed by atoms with Crippen LogP contribution in [-0.4, -0.2) is 37.9 Å². The average molecular weight is 344 g/mol. The third-order valence-corrected chi connectivity index (χ3v) is 5.34. The van der Waals surface area contributed by atoms with Crippen molar-refractivity contribution >= 4 is 17.7 Å². The number of nitrogens with zero attached hydrogens (tertiary/aromatic N) is 4. The fourth-order valence-electron chi connectivity index (χ4n) is 2.78. The Morgan fingerprint density at radius 2 is 2.04 bits per heavy atom. The number of aromatic nitrogens is 3. The maximum absolute atomic E-state index is 12.7. The lowest BCUT2D eigenvalue weighted by Gasteiger charge is -2.21. The van der Waals surface area contributed by atoms with E-state index in [4.69, 9.17) is 0 Å². The summed E-state index contributed by atoms with van der Waals surface area (Å²) >= 11 is 1.51. The molecular weight excluding hydrogens is 320 g/mol. The Kier molecular flexibility index (Phi) is 5.23. The molecule has 1 aromatic heterocycles. The van der Waals surface area contributed by atoms with Crippen molar-refractivity contribution in [2.24, 2.45) is 0 Å². The molecule has 1 aliphatic carbocycles. The van der Waals surface area contributed by atoms with Gasteiger partial charge in [0.15, 0.2) is 5.16 Å². The molecule has 128 valence electrons. The van der Waals surface area contributed by atoms with E-state index in [9.17, 15) is 4.79 Å². The molecule has 1 unspecified atom stereocenters. The Hall–Kier alpha value is -1.82. The Balaban J connectivity index is 1.63. The van der Waals surface area contributed by atoms with Crippen molar-refractivity contribution in [3.8, 4) is 0 Å². The van der Waals surface area contributed by atoms with Gasteiger partial charge in [-0.3, -0.25) is 4.79 Å². The van der Waals surface area contributed by atoms with Crippen LogP contribution in [0.25, 0.3) is 0 Å². The molecule has 1 saturated carbocycles. The van der Waals surface area contributed by atoms with E-state index in [0.717, 1.165) is 23.1 Å². The highest BCUT2D eigenvalue weighted by molar-refractivity contribution is 8.00. The van der Waals surface area contributed by atoms with E-state index >= 15 is 0 Å². The van der Waals surface area contributed by atoms with Gasteiger partial charge in [-0.05, 0) is 32.3 Å². The molecule has 1 fully saturated rings. The van der Waals surface area contributed by atoms with Gasteiger partial charge >= 0.3 is 0 Å². The van der Waals surface area contributed by atoms with Gasteiger partial charge in [0.05, 0.1) is 5.25 Å². The zero-order chi connectivity index (χ0) is 17.1. The van der Waals surface area contributed by atoms with Crippen molar-refractivity contribution in [2.45, 2.75) is 56.1 Å². The van der Waals surface area contributed by atoms with Crippen molar-refractivity contribution in [1.82, 2.24) is 19.7 Å². The molecule has 5 nitrogen and oxygen atoms in total. The van der Waals surface area contributed by atoms with Crippen molar-refractivity contribution in [2.75, 3.05) is 7.05 Å². The van der Waals surface area contributed by atoms with Gasteiger partial charge in [-0.25, -0.2) is 0 Å². The fraction of sp³-hybridized carbons (Fsp3) is 0.500. The van der Waals surface area contributed by atoms with E-state index in [1.165, 1.54) is 24.6 Å². The number of carbonyl (C=O) groups excluding carboxylic acids is 1. The monoisotopic (exact) mass is 344 g/mol. The molecule has 0 radical (unpaired) electrons. The third-order valence-electron chi connectivity index (χ3n) is 4.27. The van der Waals surface area contributed by atoms with E-state index in [2.05, 4.69) is 21.7 Å². The molecule has 1 aromatic carbocycles. The number of amides is 1. The van der Waals surface area contributed by atoms with Crippen LogP contribution in [0.15, 0.2) is 35.5 Å². The summed E-state index contributed by atoms with van der Waals surface area (Å²) in [5.74, 6) is 1.76. The first kappa shape index (κ1) is 17.0. The van der Waals surface area contributed by atoms with Gasteiger partial charge in [0.2, 0.25) is 5.91 Å². The predicted octanol–water partition coefficient (Wildman–Crippen LogP) is 3.31. The second-order valence-electron chi connectivity index (χ2n) is 6.30. The van der Waals surface area contributed by atoms with Crippen molar-refractivity contribution in [3.05, 3.63) is 41.7 Å². The number of benzene rings is 1. The molecule has 0 N–H and O–H groups in total. The SMILES string of the molecule is CCn1c(SC(C)C(=O)N(C)Cc2ccccc2)nnc1C1CC1. The second kappa shape index (κ2) is 7.38. The van der Waals surface area contributed by atoms with Gasteiger partial charge in [0, 0.05) is 26.1 Å². The van der Waals surface area contributed by atoms with Gasteiger partial charge < -0.3 is 9.47 Å². The summed E-state index contributed by atoms with van der Waals surface area (Å²) < 4.78 is 2.16. The number of thioether (sulfide) groups is 1. The third kappa shape index (κ3) is 3.80. The lowest BCUT2D eigenvalue weighted by Crippen LogP contribution is -2.33. The molecule has 1 aliphatic rings. The molecule has 1 heterocycles. The first-order valence-corrected chi connectivity index (χ1v) is 9.36. The standard InChI is InChI=1S/C18H24N4OS/c1-4-22-16(15-10-11-15)19-20-18(22)24-13(2)17(23)21(3)12-14-8-6-5-7-9-14/h5-9,13,15H,4,10-12H2,1-3H3.